The summed E-state index contributed by atoms with van der Waals surface area (Å²) in [6, 6.07) is 9.16. The summed E-state index contributed by atoms with van der Waals surface area (Å²) in [7, 11) is 0. The molecule has 0 saturated heterocycles. The molecule has 4 N–H and O–H groups in total. The van der Waals surface area contributed by atoms with E-state index in [0.717, 1.165) is 11.1 Å². The number of hydrogen-bond donors (Lipinski definition) is 3. The first-order valence-electron chi connectivity index (χ1n) is 7.19. The molecule has 0 unspecified atom stereocenters. The Morgan fingerprint density at radius 1 is 1.26 bits per heavy atom. The van der Waals surface area contributed by atoms with Gasteiger partial charge in [0.15, 0.2) is 5.65 Å². The number of pyridine rings is 1. The van der Waals surface area contributed by atoms with Gasteiger partial charge in [0.1, 0.15) is 6.33 Å². The summed E-state index contributed by atoms with van der Waals surface area (Å²) in [6.45, 7) is 2.75. The number of hydrogen-bond acceptors (Lipinski definition) is 6. The predicted octanol–water partition coefficient (Wildman–Crippen LogP) is 1.41. The van der Waals surface area contributed by atoms with Crippen molar-refractivity contribution in [3.8, 4) is 0 Å². The zero-order chi connectivity index (χ0) is 16.4. The van der Waals surface area contributed by atoms with E-state index in [-0.39, 0.29) is 5.65 Å². The normalized spacial score (nSPS) is 10.9. The largest absolute Gasteiger partial charge is 0.423 e. The van der Waals surface area contributed by atoms with Crippen LogP contribution in [0.2, 0.25) is 0 Å². The number of aryl methyl sites for hydroxylation is 1. The number of nitrogens with one attached hydrogen (secondary N) is 1. The second-order valence-corrected chi connectivity index (χ2v) is 5.19. The van der Waals surface area contributed by atoms with Gasteiger partial charge >= 0.3 is 0 Å². The molecule has 0 saturated carbocycles. The molecule has 3 aromatic rings. The van der Waals surface area contributed by atoms with Gasteiger partial charge in [0.2, 0.25) is 0 Å². The summed E-state index contributed by atoms with van der Waals surface area (Å²) in [5.74, 6) is 0. The van der Waals surface area contributed by atoms with Crippen LogP contribution in [0.1, 0.15) is 16.8 Å². The average molecular weight is 311 g/mol. The predicted molar refractivity (Wildman–Crippen MR) is 87.4 cm³/mol. The van der Waals surface area contributed by atoms with Crippen molar-refractivity contribution in [3.63, 3.8) is 0 Å². The van der Waals surface area contributed by atoms with E-state index < -0.39 is 5.56 Å². The fraction of sp³-hybridized carbons (Fsp3) is 0.188. The Morgan fingerprint density at radius 2 is 2.00 bits per heavy atom. The molecule has 7 heteroatoms. The van der Waals surface area contributed by atoms with Gasteiger partial charge in [-0.25, -0.2) is 9.97 Å². The van der Waals surface area contributed by atoms with Crippen molar-refractivity contribution >= 4 is 16.7 Å². The minimum absolute atomic E-state index is 0.180. The zero-order valence-corrected chi connectivity index (χ0v) is 12.7. The van der Waals surface area contributed by atoms with Crippen LogP contribution in [0.25, 0.3) is 11.0 Å². The molecule has 0 fully saturated rings. The third-order valence-corrected chi connectivity index (χ3v) is 3.77. The summed E-state index contributed by atoms with van der Waals surface area (Å²) >= 11 is 0. The quantitative estimate of drug-likeness (QED) is 0.629. The number of aromatic nitrogens is 3. The number of rotatable bonds is 4. The molecule has 2 aromatic heterocycles. The number of nitrogens with zero attached hydrogens (tertiary/aromatic N) is 3. The molecule has 2 heterocycles. The molecule has 1 aromatic carbocycles. The lowest BCUT2D eigenvalue weighted by molar-refractivity contribution is 0.186. The number of anilines is 1. The molecule has 0 atom stereocenters. The van der Waals surface area contributed by atoms with Gasteiger partial charge in [-0.1, -0.05) is 24.3 Å². The highest BCUT2D eigenvalue weighted by molar-refractivity contribution is 5.90. The summed E-state index contributed by atoms with van der Waals surface area (Å²) in [5, 5.41) is 13.7. The third kappa shape index (κ3) is 2.74. The van der Waals surface area contributed by atoms with Gasteiger partial charge in [-0.3, -0.25) is 4.79 Å². The molecule has 118 valence electrons. The first kappa shape index (κ1) is 15.0. The monoisotopic (exact) mass is 311 g/mol. The Morgan fingerprint density at radius 3 is 2.74 bits per heavy atom. The molecule has 0 bridgehead atoms. The molecule has 23 heavy (non-hydrogen) atoms. The number of fused-ring (bicyclic) bond motifs is 1. The van der Waals surface area contributed by atoms with Gasteiger partial charge in [0.25, 0.3) is 5.56 Å². The smallest absolute Gasteiger partial charge is 0.286 e. The lowest BCUT2D eigenvalue weighted by Crippen LogP contribution is -2.20. The van der Waals surface area contributed by atoms with E-state index >= 15 is 0 Å². The van der Waals surface area contributed by atoms with Crippen molar-refractivity contribution in [2.24, 2.45) is 5.73 Å². The van der Waals surface area contributed by atoms with Gasteiger partial charge in [0.05, 0.1) is 16.8 Å². The van der Waals surface area contributed by atoms with Gasteiger partial charge < -0.3 is 16.3 Å². The van der Waals surface area contributed by atoms with Crippen molar-refractivity contribution in [1.82, 2.24) is 14.7 Å². The van der Waals surface area contributed by atoms with Crippen molar-refractivity contribution in [3.05, 3.63) is 63.8 Å². The lowest BCUT2D eigenvalue weighted by atomic mass is 10.1. The fourth-order valence-electron chi connectivity index (χ4n) is 2.56. The van der Waals surface area contributed by atoms with Crippen LogP contribution in [0.5, 0.6) is 0 Å². The summed E-state index contributed by atoms with van der Waals surface area (Å²) in [6.07, 6.45) is 1.32. The van der Waals surface area contributed by atoms with Crippen LogP contribution in [0.15, 0.2) is 41.5 Å². The van der Waals surface area contributed by atoms with E-state index in [9.17, 15) is 10.0 Å². The number of nitrogens with two attached hydrogens (primary N) is 1. The van der Waals surface area contributed by atoms with Crippen molar-refractivity contribution in [2.45, 2.75) is 20.0 Å². The van der Waals surface area contributed by atoms with Gasteiger partial charge in [-0.2, -0.15) is 0 Å². The highest BCUT2D eigenvalue weighted by Gasteiger charge is 2.12. The minimum atomic E-state index is -0.551. The van der Waals surface area contributed by atoms with E-state index in [1.807, 2.05) is 24.3 Å². The molecule has 0 aliphatic heterocycles. The average Bonchev–Trinajstić information content (AvgIpc) is 2.57. The molecule has 0 spiro atoms. The Hall–Kier alpha value is -2.93. The van der Waals surface area contributed by atoms with Crippen molar-refractivity contribution in [1.29, 1.82) is 0 Å². The molecule has 0 amide bonds. The molecule has 0 aliphatic rings. The first-order valence-corrected chi connectivity index (χ1v) is 7.19. The van der Waals surface area contributed by atoms with Crippen LogP contribution in [0.3, 0.4) is 0 Å². The van der Waals surface area contributed by atoms with Gasteiger partial charge in [-0.15, -0.1) is 4.73 Å². The van der Waals surface area contributed by atoms with E-state index in [0.29, 0.717) is 34.6 Å². The van der Waals surface area contributed by atoms with Crippen molar-refractivity contribution < 1.29 is 5.21 Å². The summed E-state index contributed by atoms with van der Waals surface area (Å²) in [4.78, 5) is 20.0. The summed E-state index contributed by atoms with van der Waals surface area (Å²) in [5.41, 5.74) is 8.71. The van der Waals surface area contributed by atoms with Crippen LogP contribution in [-0.2, 0) is 13.1 Å². The topological polar surface area (TPSA) is 106 Å². The highest BCUT2D eigenvalue weighted by atomic mass is 16.5. The van der Waals surface area contributed by atoms with Crippen LogP contribution < -0.4 is 16.6 Å². The zero-order valence-electron chi connectivity index (χ0n) is 12.7. The molecule has 0 aliphatic carbocycles. The van der Waals surface area contributed by atoms with E-state index in [1.54, 1.807) is 6.92 Å². The second-order valence-electron chi connectivity index (χ2n) is 5.19. The fourth-order valence-corrected chi connectivity index (χ4v) is 2.56. The third-order valence-electron chi connectivity index (χ3n) is 3.77. The SMILES string of the molecule is Cc1ncnc2c1c(NCc1ccccc1CN)cc(=O)n2O. The molecule has 3 rings (SSSR count). The maximum atomic E-state index is 11.9. The highest BCUT2D eigenvalue weighted by Crippen LogP contribution is 2.22. The Labute approximate surface area is 132 Å². The molecule has 0 radical (unpaired) electrons. The van der Waals surface area contributed by atoms with Gasteiger partial charge in [0, 0.05) is 19.2 Å². The van der Waals surface area contributed by atoms with Crippen LogP contribution in [0, 0.1) is 6.92 Å². The first-order chi connectivity index (χ1) is 11.1. The number of benzene rings is 1. The maximum absolute atomic E-state index is 11.9. The summed E-state index contributed by atoms with van der Waals surface area (Å²) < 4.78 is 0.531. The lowest BCUT2D eigenvalue weighted by Gasteiger charge is -2.13. The molecular weight excluding hydrogens is 294 g/mol. The second kappa shape index (κ2) is 6.05. The van der Waals surface area contributed by atoms with E-state index in [1.165, 1.54) is 12.4 Å². The van der Waals surface area contributed by atoms with E-state index in [2.05, 4.69) is 15.3 Å². The maximum Gasteiger partial charge on any atom is 0.286 e. The standard InChI is InChI=1S/C16H17N5O2/c1-10-15-13(6-14(22)21(23)16(15)20-9-19-10)18-8-12-5-3-2-4-11(12)7-17/h2-6,9,18,23H,7-8,17H2,1H3. The Balaban J connectivity index is 2.04. The van der Waals surface area contributed by atoms with E-state index in [4.69, 9.17) is 5.73 Å². The van der Waals surface area contributed by atoms with Crippen LogP contribution in [-0.4, -0.2) is 19.9 Å². The van der Waals surface area contributed by atoms with Crippen LogP contribution in [0.4, 0.5) is 5.69 Å². The van der Waals surface area contributed by atoms with Crippen molar-refractivity contribution in [2.75, 3.05) is 5.32 Å². The minimum Gasteiger partial charge on any atom is -0.423 e. The Kier molecular flexibility index (Phi) is 3.94. The molecular formula is C16H17N5O2. The van der Waals surface area contributed by atoms with Gasteiger partial charge in [-0.05, 0) is 18.1 Å². The molecule has 7 nitrogen and oxygen atoms in total. The van der Waals surface area contributed by atoms with Crippen LogP contribution >= 0.6 is 0 Å². The Bertz CT molecular complexity index is 920.